The topological polar surface area (TPSA) is 73.4 Å². The van der Waals surface area contributed by atoms with Gasteiger partial charge in [-0.25, -0.2) is 9.97 Å². The first-order valence-electron chi connectivity index (χ1n) is 12.9. The van der Waals surface area contributed by atoms with Gasteiger partial charge in [0.05, 0.1) is 11.8 Å². The number of halogens is 4. The number of piperazine rings is 1. The third-order valence-corrected chi connectivity index (χ3v) is 7.94. The number of carbonyl (C=O) groups is 1. The summed E-state index contributed by atoms with van der Waals surface area (Å²) in [5.41, 5.74) is 1.23. The molecule has 0 radical (unpaired) electrons. The van der Waals surface area contributed by atoms with Crippen LogP contribution in [0.5, 0.6) is 0 Å². The molecule has 2 bridgehead atoms. The molecule has 2 saturated heterocycles. The van der Waals surface area contributed by atoms with Crippen LogP contribution in [0.3, 0.4) is 0 Å². The molecule has 3 aliphatic rings. The quantitative estimate of drug-likeness (QED) is 0.525. The molecule has 3 aliphatic heterocycles. The summed E-state index contributed by atoms with van der Waals surface area (Å²) < 4.78 is 42.2. The second-order valence-electron chi connectivity index (χ2n) is 10.7. The third-order valence-electron chi connectivity index (χ3n) is 7.69. The number of hydrogen-bond donors (Lipinski definition) is 2. The van der Waals surface area contributed by atoms with Crippen molar-refractivity contribution in [2.45, 2.75) is 69.2 Å². The van der Waals surface area contributed by atoms with Crippen molar-refractivity contribution in [2.24, 2.45) is 0 Å². The Hall–Kier alpha value is -2.85. The highest BCUT2D eigenvalue weighted by Crippen LogP contribution is 2.48. The van der Waals surface area contributed by atoms with E-state index in [9.17, 15) is 18.0 Å². The van der Waals surface area contributed by atoms with Crippen LogP contribution in [-0.4, -0.2) is 64.7 Å². The standard InChI is InChI=1S/C27H32ClF3N6O/c1-15(2)32-11-21(17-4-6-18(28)7-5-17)26(38)37-19-8-9-20(37)13-36(12-19)25-23-22(27(29,30)31)10-16(3)35-24(23)33-14-34-25/h4-7,14-15,19-22,32H,3,8-13H2,1-2H3,(H,33,34,35)/t19?,20?,21-,22+/m1/s1. The van der Waals surface area contributed by atoms with Gasteiger partial charge >= 0.3 is 6.18 Å². The van der Waals surface area contributed by atoms with Gasteiger partial charge in [-0.15, -0.1) is 0 Å². The van der Waals surface area contributed by atoms with E-state index in [1.807, 2.05) is 35.8 Å². The molecule has 1 aromatic carbocycles. The van der Waals surface area contributed by atoms with Crippen LogP contribution in [0.2, 0.25) is 5.02 Å². The number of fused-ring (bicyclic) bond motifs is 3. The number of aromatic nitrogens is 2. The first kappa shape index (κ1) is 26.7. The van der Waals surface area contributed by atoms with Crippen molar-refractivity contribution >= 4 is 29.1 Å². The zero-order valence-corrected chi connectivity index (χ0v) is 22.2. The molecule has 5 rings (SSSR count). The van der Waals surface area contributed by atoms with Crippen LogP contribution in [0, 0.1) is 0 Å². The minimum absolute atomic E-state index is 0.0310. The zero-order chi connectivity index (χ0) is 27.2. The normalized spacial score (nSPS) is 23.9. The van der Waals surface area contributed by atoms with Gasteiger partial charge in [-0.3, -0.25) is 4.79 Å². The predicted octanol–water partition coefficient (Wildman–Crippen LogP) is 5.07. The SMILES string of the molecule is C=C1C[C@H](C(F)(F)F)c2c(ncnc2N2CC3CCC(C2)N3C(=O)[C@H](CNC(C)C)c2ccc(Cl)cc2)N1. The number of allylic oxidation sites excluding steroid dienone is 1. The minimum Gasteiger partial charge on any atom is -0.352 e. The highest BCUT2D eigenvalue weighted by molar-refractivity contribution is 6.30. The molecule has 4 atom stereocenters. The van der Waals surface area contributed by atoms with E-state index >= 15 is 0 Å². The molecular formula is C27H32ClF3N6O. The number of amides is 1. The summed E-state index contributed by atoms with van der Waals surface area (Å²) in [5, 5.41) is 6.91. The van der Waals surface area contributed by atoms with E-state index in [0.29, 0.717) is 24.7 Å². The number of benzene rings is 1. The van der Waals surface area contributed by atoms with Crippen LogP contribution in [-0.2, 0) is 4.79 Å². The summed E-state index contributed by atoms with van der Waals surface area (Å²) >= 11 is 6.09. The van der Waals surface area contributed by atoms with Gasteiger partial charge in [-0.2, -0.15) is 13.2 Å². The molecule has 4 heterocycles. The Labute approximate surface area is 225 Å². The zero-order valence-electron chi connectivity index (χ0n) is 21.4. The lowest BCUT2D eigenvalue weighted by Crippen LogP contribution is -2.58. The molecule has 38 heavy (non-hydrogen) atoms. The molecular weight excluding hydrogens is 517 g/mol. The highest BCUT2D eigenvalue weighted by Gasteiger charge is 2.49. The number of rotatable bonds is 6. The van der Waals surface area contributed by atoms with Crippen molar-refractivity contribution in [3.63, 3.8) is 0 Å². The van der Waals surface area contributed by atoms with Crippen LogP contribution in [0.1, 0.15) is 56.1 Å². The van der Waals surface area contributed by atoms with Crippen LogP contribution >= 0.6 is 11.6 Å². The fraction of sp³-hybridized carbons (Fsp3) is 0.519. The Morgan fingerprint density at radius 1 is 1.18 bits per heavy atom. The van der Waals surface area contributed by atoms with Crippen LogP contribution in [0.25, 0.3) is 0 Å². The molecule has 11 heteroatoms. The summed E-state index contributed by atoms with van der Waals surface area (Å²) in [6, 6.07) is 7.33. The number of alkyl halides is 3. The first-order chi connectivity index (χ1) is 18.0. The van der Waals surface area contributed by atoms with E-state index < -0.39 is 12.1 Å². The lowest BCUT2D eigenvalue weighted by Gasteiger charge is -2.44. The molecule has 2 aromatic rings. The Balaban J connectivity index is 1.42. The fourth-order valence-corrected chi connectivity index (χ4v) is 6.04. The van der Waals surface area contributed by atoms with Gasteiger partial charge in [0.25, 0.3) is 0 Å². The molecule has 1 aromatic heterocycles. The average molecular weight is 549 g/mol. The fourth-order valence-electron chi connectivity index (χ4n) is 5.92. The lowest BCUT2D eigenvalue weighted by molar-refractivity contribution is -0.150. The molecule has 2 N–H and O–H groups in total. The van der Waals surface area contributed by atoms with Crippen LogP contribution in [0.15, 0.2) is 42.9 Å². The highest BCUT2D eigenvalue weighted by atomic mass is 35.5. The number of anilines is 2. The number of hydrogen-bond acceptors (Lipinski definition) is 6. The van der Waals surface area contributed by atoms with E-state index in [4.69, 9.17) is 11.6 Å². The van der Waals surface area contributed by atoms with Crippen molar-refractivity contribution in [1.82, 2.24) is 20.2 Å². The third kappa shape index (κ3) is 5.20. The molecule has 7 nitrogen and oxygen atoms in total. The first-order valence-corrected chi connectivity index (χ1v) is 13.3. The average Bonchev–Trinajstić information content (AvgIpc) is 3.12. The second kappa shape index (κ2) is 10.4. The van der Waals surface area contributed by atoms with Gasteiger partial charge in [0, 0.05) is 60.5 Å². The molecule has 1 amide bonds. The van der Waals surface area contributed by atoms with Gasteiger partial charge in [0.15, 0.2) is 0 Å². The van der Waals surface area contributed by atoms with Gasteiger partial charge in [0.1, 0.15) is 18.0 Å². The Kier molecular flexibility index (Phi) is 7.30. The smallest absolute Gasteiger partial charge is 0.352 e. The summed E-state index contributed by atoms with van der Waals surface area (Å²) in [6.45, 7) is 9.11. The Morgan fingerprint density at radius 2 is 1.84 bits per heavy atom. The predicted molar refractivity (Wildman–Crippen MR) is 141 cm³/mol. The molecule has 0 spiro atoms. The lowest BCUT2D eigenvalue weighted by atomic mass is 9.90. The summed E-state index contributed by atoms with van der Waals surface area (Å²) in [7, 11) is 0. The second-order valence-corrected chi connectivity index (χ2v) is 11.1. The van der Waals surface area contributed by atoms with E-state index in [1.165, 1.54) is 6.33 Å². The molecule has 2 unspecified atom stereocenters. The number of carbonyl (C=O) groups excluding carboxylic acids is 1. The molecule has 204 valence electrons. The van der Waals surface area contributed by atoms with E-state index in [0.717, 1.165) is 18.4 Å². The van der Waals surface area contributed by atoms with E-state index in [2.05, 4.69) is 27.2 Å². The Morgan fingerprint density at radius 3 is 2.45 bits per heavy atom. The van der Waals surface area contributed by atoms with Gasteiger partial charge < -0.3 is 20.4 Å². The van der Waals surface area contributed by atoms with Crippen molar-refractivity contribution in [3.05, 3.63) is 59.0 Å². The van der Waals surface area contributed by atoms with Crippen LogP contribution in [0.4, 0.5) is 24.8 Å². The largest absolute Gasteiger partial charge is 0.396 e. The van der Waals surface area contributed by atoms with Crippen LogP contribution < -0.4 is 15.5 Å². The maximum absolute atomic E-state index is 14.1. The van der Waals surface area contributed by atoms with Gasteiger partial charge in [-0.1, -0.05) is 44.2 Å². The van der Waals surface area contributed by atoms with E-state index in [1.54, 1.807) is 12.1 Å². The Bertz CT molecular complexity index is 1190. The number of nitrogens with one attached hydrogen (secondary N) is 2. The molecule has 2 fully saturated rings. The summed E-state index contributed by atoms with van der Waals surface area (Å²) in [5.74, 6) is -1.64. The van der Waals surface area contributed by atoms with E-state index in [-0.39, 0.29) is 59.3 Å². The summed E-state index contributed by atoms with van der Waals surface area (Å²) in [4.78, 5) is 26.3. The van der Waals surface area contributed by atoms with Crippen molar-refractivity contribution < 1.29 is 18.0 Å². The number of nitrogens with zero attached hydrogens (tertiary/aromatic N) is 4. The maximum Gasteiger partial charge on any atom is 0.396 e. The van der Waals surface area contributed by atoms with Gasteiger partial charge in [-0.05, 0) is 30.5 Å². The molecule has 0 aliphatic carbocycles. The van der Waals surface area contributed by atoms with Crippen molar-refractivity contribution in [1.29, 1.82) is 0 Å². The van der Waals surface area contributed by atoms with Crippen molar-refractivity contribution in [3.8, 4) is 0 Å². The monoisotopic (exact) mass is 548 g/mol. The minimum atomic E-state index is -4.45. The molecule has 0 saturated carbocycles. The maximum atomic E-state index is 14.1. The summed E-state index contributed by atoms with van der Waals surface area (Å²) in [6.07, 6.45) is -1.83. The van der Waals surface area contributed by atoms with Crippen molar-refractivity contribution in [2.75, 3.05) is 29.9 Å². The van der Waals surface area contributed by atoms with Gasteiger partial charge in [0.2, 0.25) is 5.91 Å².